The van der Waals surface area contributed by atoms with Crippen molar-refractivity contribution in [3.8, 4) is 23.1 Å². The van der Waals surface area contributed by atoms with Crippen molar-refractivity contribution in [2.45, 2.75) is 62.3 Å². The summed E-state index contributed by atoms with van der Waals surface area (Å²) in [6.07, 6.45) is 7.11. The highest BCUT2D eigenvalue weighted by atomic mass is 32.2. The van der Waals surface area contributed by atoms with Crippen LogP contribution in [0.15, 0.2) is 42.5 Å². The van der Waals surface area contributed by atoms with Crippen LogP contribution in [0.1, 0.15) is 56.6 Å². The van der Waals surface area contributed by atoms with Crippen molar-refractivity contribution < 1.29 is 18.5 Å². The molecule has 2 aromatic carbocycles. The third-order valence-electron chi connectivity index (χ3n) is 7.53. The lowest BCUT2D eigenvalue weighted by Gasteiger charge is -2.30. The Kier molecular flexibility index (Phi) is 6.00. The van der Waals surface area contributed by atoms with Crippen molar-refractivity contribution >= 4 is 31.5 Å². The number of rotatable bonds is 8. The minimum absolute atomic E-state index is 0.127. The van der Waals surface area contributed by atoms with Gasteiger partial charge < -0.3 is 18.8 Å². The first-order chi connectivity index (χ1) is 17.6. The molecule has 0 radical (unpaired) electrons. The molecule has 0 spiro atoms. The van der Waals surface area contributed by atoms with Gasteiger partial charge in [0.2, 0.25) is 5.23 Å². The van der Waals surface area contributed by atoms with Gasteiger partial charge in [-0.1, -0.05) is 12.1 Å². The Bertz CT molecular complexity index is 1480. The molecule has 3 aromatic rings. The summed E-state index contributed by atoms with van der Waals surface area (Å²) in [6.45, 7) is 1.33. The van der Waals surface area contributed by atoms with Crippen LogP contribution in [0.3, 0.4) is 0 Å². The molecule has 186 valence electrons. The lowest BCUT2D eigenvalue weighted by molar-refractivity contribution is 0.0680. The molecule has 6 rings (SSSR count). The van der Waals surface area contributed by atoms with E-state index in [-0.39, 0.29) is 11.4 Å². The lowest BCUT2D eigenvalue weighted by Crippen LogP contribution is -2.18. The van der Waals surface area contributed by atoms with Crippen molar-refractivity contribution in [3.05, 3.63) is 48.0 Å². The zero-order valence-corrected chi connectivity index (χ0v) is 20.9. The predicted molar refractivity (Wildman–Crippen MR) is 140 cm³/mol. The van der Waals surface area contributed by atoms with Crippen molar-refractivity contribution in [1.82, 2.24) is 4.57 Å². The number of nitrogens with one attached hydrogen (secondary N) is 1. The second kappa shape index (κ2) is 9.33. The number of fused-ring (bicyclic) bond motifs is 1. The van der Waals surface area contributed by atoms with Gasteiger partial charge in [-0.2, -0.15) is 5.26 Å². The standard InChI is InChI=1S/C28H29N3O4S/c29-16-26-25-13-10-22(35-17-23-5-2-14-34-23)15-27(25)31(21-3-1-4-21)28(26)19-6-8-20(9-7-19)30-36(33,18-32)24-11-12-24/h6-10,13,15,21,23-24H,1-5,11-12,14,17H2,(H,30,33)/t23-,36?/m1/s1. The van der Waals surface area contributed by atoms with Crippen molar-refractivity contribution in [3.63, 3.8) is 0 Å². The Morgan fingerprint density at radius 1 is 1.08 bits per heavy atom. The Morgan fingerprint density at radius 3 is 2.50 bits per heavy atom. The van der Waals surface area contributed by atoms with Crippen LogP contribution in [0, 0.1) is 11.3 Å². The molecule has 1 aromatic heterocycles. The lowest BCUT2D eigenvalue weighted by atomic mass is 9.92. The minimum Gasteiger partial charge on any atom is -0.491 e. The first-order valence-electron chi connectivity index (χ1n) is 12.7. The SMILES string of the molecule is N#Cc1c(-c2ccc(NS(=O)(=C=O)C3CC3)cc2)n(C2CCC2)c2cc(OC[C@H]3CCCO3)ccc12. The molecule has 2 atom stereocenters. The average Bonchev–Trinajstić information content (AvgIpc) is 3.52. The molecule has 0 amide bonds. The van der Waals surface area contributed by atoms with Gasteiger partial charge in [-0.3, -0.25) is 0 Å². The van der Waals surface area contributed by atoms with Gasteiger partial charge in [0, 0.05) is 29.8 Å². The fraction of sp³-hybridized carbons (Fsp3) is 0.429. The topological polar surface area (TPSA) is 93.4 Å². The van der Waals surface area contributed by atoms with E-state index in [2.05, 4.69) is 15.4 Å². The van der Waals surface area contributed by atoms with E-state index in [1.165, 1.54) is 6.42 Å². The van der Waals surface area contributed by atoms with Crippen LogP contribution in [0.5, 0.6) is 5.75 Å². The molecule has 3 fully saturated rings. The molecule has 7 nitrogen and oxygen atoms in total. The molecule has 1 unspecified atom stereocenters. The zero-order chi connectivity index (χ0) is 24.7. The van der Waals surface area contributed by atoms with E-state index < -0.39 is 9.71 Å². The summed E-state index contributed by atoms with van der Waals surface area (Å²) < 4.78 is 29.8. The normalized spacial score (nSPS) is 21.4. The number of hydrogen-bond donors (Lipinski definition) is 1. The Labute approximate surface area is 211 Å². The molecule has 1 saturated heterocycles. The molecule has 2 saturated carbocycles. The second-order valence-electron chi connectivity index (χ2n) is 9.98. The van der Waals surface area contributed by atoms with Crippen LogP contribution in [0.4, 0.5) is 5.69 Å². The summed E-state index contributed by atoms with van der Waals surface area (Å²) in [7, 11) is -2.87. The molecule has 8 heteroatoms. The highest BCUT2D eigenvalue weighted by Crippen LogP contribution is 2.43. The van der Waals surface area contributed by atoms with Crippen LogP contribution in [-0.4, -0.2) is 38.6 Å². The van der Waals surface area contributed by atoms with E-state index in [0.29, 0.717) is 23.9 Å². The summed E-state index contributed by atoms with van der Waals surface area (Å²) in [5.41, 5.74) is 4.07. The minimum atomic E-state index is -2.87. The van der Waals surface area contributed by atoms with Crippen LogP contribution in [-0.2, 0) is 19.2 Å². The highest BCUT2D eigenvalue weighted by Gasteiger charge is 2.34. The largest absolute Gasteiger partial charge is 0.491 e. The maximum Gasteiger partial charge on any atom is 0.206 e. The van der Waals surface area contributed by atoms with Gasteiger partial charge in [0.05, 0.1) is 28.1 Å². The Hall–Kier alpha value is -3.24. The van der Waals surface area contributed by atoms with Gasteiger partial charge in [-0.25, -0.2) is 9.00 Å². The monoisotopic (exact) mass is 503 g/mol. The number of benzene rings is 2. The second-order valence-corrected chi connectivity index (χ2v) is 12.2. The number of anilines is 1. The predicted octanol–water partition coefficient (Wildman–Crippen LogP) is 5.30. The van der Waals surface area contributed by atoms with Crippen molar-refractivity contribution in [2.75, 3.05) is 17.9 Å². The first-order valence-corrected chi connectivity index (χ1v) is 14.3. The summed E-state index contributed by atoms with van der Waals surface area (Å²) in [4.78, 5) is 11.4. The summed E-state index contributed by atoms with van der Waals surface area (Å²) in [5.74, 6) is 0.784. The number of carbonyl (C=O) groups excluding carboxylic acids is 1. The van der Waals surface area contributed by atoms with E-state index in [1.807, 2.05) is 42.5 Å². The van der Waals surface area contributed by atoms with E-state index in [4.69, 9.17) is 9.47 Å². The zero-order valence-electron chi connectivity index (χ0n) is 20.1. The van der Waals surface area contributed by atoms with Gasteiger partial charge in [0.1, 0.15) is 28.1 Å². The van der Waals surface area contributed by atoms with Gasteiger partial charge >= 0.3 is 0 Å². The van der Waals surface area contributed by atoms with Crippen LogP contribution in [0.2, 0.25) is 0 Å². The van der Waals surface area contributed by atoms with E-state index in [1.54, 1.807) is 5.23 Å². The first kappa shape index (κ1) is 23.2. The molecule has 1 aliphatic heterocycles. The number of ether oxygens (including phenoxy) is 2. The Morgan fingerprint density at radius 2 is 1.89 bits per heavy atom. The van der Waals surface area contributed by atoms with E-state index >= 15 is 0 Å². The van der Waals surface area contributed by atoms with Crippen LogP contribution >= 0.6 is 0 Å². The summed E-state index contributed by atoms with van der Waals surface area (Å²) in [6, 6.07) is 16.3. The van der Waals surface area contributed by atoms with E-state index in [9.17, 15) is 14.3 Å². The average molecular weight is 504 g/mol. The summed E-state index contributed by atoms with van der Waals surface area (Å²) in [5, 5.41) is 12.7. The van der Waals surface area contributed by atoms with Gasteiger partial charge in [-0.05, 0) is 74.8 Å². The van der Waals surface area contributed by atoms with Crippen LogP contribution < -0.4 is 9.46 Å². The van der Waals surface area contributed by atoms with Crippen molar-refractivity contribution in [2.24, 2.45) is 0 Å². The number of nitriles is 1. The third kappa shape index (κ3) is 4.18. The molecule has 0 bridgehead atoms. The quantitative estimate of drug-likeness (QED) is 0.421. The number of nitrogens with zero attached hydrogens (tertiary/aromatic N) is 2. The number of aromatic nitrogens is 1. The highest BCUT2D eigenvalue weighted by molar-refractivity contribution is 8.02. The summed E-state index contributed by atoms with van der Waals surface area (Å²) >= 11 is 0. The fourth-order valence-electron chi connectivity index (χ4n) is 5.21. The maximum absolute atomic E-state index is 12.8. The van der Waals surface area contributed by atoms with Crippen molar-refractivity contribution in [1.29, 1.82) is 5.26 Å². The number of hydrogen-bond acceptors (Lipinski definition) is 5. The molecule has 2 heterocycles. The molecule has 2 aliphatic carbocycles. The molecular weight excluding hydrogens is 474 g/mol. The van der Waals surface area contributed by atoms with Gasteiger partial charge in [-0.15, -0.1) is 0 Å². The van der Waals surface area contributed by atoms with Gasteiger partial charge in [0.25, 0.3) is 0 Å². The molecule has 3 aliphatic rings. The molecule has 36 heavy (non-hydrogen) atoms. The fourth-order valence-corrected chi connectivity index (χ4v) is 6.84. The Balaban J connectivity index is 1.37. The molecular formula is C28H29N3O4S. The molecule has 1 N–H and O–H groups in total. The van der Waals surface area contributed by atoms with Gasteiger partial charge in [0.15, 0.2) is 0 Å². The smallest absolute Gasteiger partial charge is 0.206 e. The maximum atomic E-state index is 12.8. The third-order valence-corrected chi connectivity index (χ3v) is 9.73. The van der Waals surface area contributed by atoms with E-state index in [0.717, 1.165) is 73.0 Å². The van der Waals surface area contributed by atoms with Crippen LogP contribution in [0.25, 0.3) is 22.2 Å².